The van der Waals surface area contributed by atoms with Crippen LogP contribution in [0.4, 0.5) is 5.95 Å². The van der Waals surface area contributed by atoms with Crippen molar-refractivity contribution in [2.45, 2.75) is 6.92 Å². The quantitative estimate of drug-likeness (QED) is 0.774. The van der Waals surface area contributed by atoms with Crippen molar-refractivity contribution in [2.24, 2.45) is 0 Å². The Morgan fingerprint density at radius 2 is 1.90 bits per heavy atom. The van der Waals surface area contributed by atoms with E-state index >= 15 is 0 Å². The number of hydrogen-bond donors (Lipinski definition) is 1. The highest BCUT2D eigenvalue weighted by Crippen LogP contribution is 2.32. The zero-order chi connectivity index (χ0) is 14.1. The van der Waals surface area contributed by atoms with Crippen LogP contribution in [-0.2, 0) is 0 Å². The molecule has 0 saturated carbocycles. The monoisotopic (exact) mass is 285 g/mol. The number of nitrogens with zero attached hydrogens (tertiary/aromatic N) is 2. The topological polar surface area (TPSA) is 61.0 Å². The van der Waals surface area contributed by atoms with Gasteiger partial charge in [-0.3, -0.25) is 0 Å². The van der Waals surface area contributed by atoms with Gasteiger partial charge >= 0.3 is 0 Å². The molecule has 5 heteroatoms. The Bertz CT molecular complexity index is 789. The largest absolute Gasteiger partial charge is 0.437 e. The van der Waals surface area contributed by atoms with E-state index in [0.717, 1.165) is 16.5 Å². The number of ether oxygens (including phenoxy) is 1. The van der Waals surface area contributed by atoms with Crippen LogP contribution in [-0.4, -0.2) is 9.97 Å². The van der Waals surface area contributed by atoms with Crippen molar-refractivity contribution in [3.05, 3.63) is 53.1 Å². The van der Waals surface area contributed by atoms with Crippen LogP contribution in [0.5, 0.6) is 11.6 Å². The number of aromatic nitrogens is 2. The molecule has 20 heavy (non-hydrogen) atoms. The molecular weight excluding hydrogens is 274 g/mol. The van der Waals surface area contributed by atoms with Gasteiger partial charge in [-0.25, -0.2) is 4.98 Å². The van der Waals surface area contributed by atoms with Crippen molar-refractivity contribution in [2.75, 3.05) is 5.73 Å². The van der Waals surface area contributed by atoms with Gasteiger partial charge in [0, 0.05) is 0 Å². The third-order valence-corrected chi connectivity index (χ3v) is 3.17. The van der Waals surface area contributed by atoms with Gasteiger partial charge in [0.25, 0.3) is 0 Å². The number of rotatable bonds is 2. The smallest absolute Gasteiger partial charge is 0.232 e. The third-order valence-electron chi connectivity index (χ3n) is 2.88. The summed E-state index contributed by atoms with van der Waals surface area (Å²) in [6.45, 7) is 1.97. The first-order valence-electron chi connectivity index (χ1n) is 6.10. The van der Waals surface area contributed by atoms with Gasteiger partial charge in [-0.2, -0.15) is 4.98 Å². The fourth-order valence-corrected chi connectivity index (χ4v) is 2.21. The van der Waals surface area contributed by atoms with Crippen LogP contribution in [0.3, 0.4) is 0 Å². The van der Waals surface area contributed by atoms with Crippen LogP contribution in [0.1, 0.15) is 5.56 Å². The molecule has 0 fully saturated rings. The van der Waals surface area contributed by atoms with Crippen LogP contribution >= 0.6 is 11.6 Å². The molecule has 0 bridgehead atoms. The molecule has 100 valence electrons. The molecule has 3 aromatic rings. The molecule has 4 nitrogen and oxygen atoms in total. The zero-order valence-corrected chi connectivity index (χ0v) is 11.6. The highest BCUT2D eigenvalue weighted by molar-refractivity contribution is 6.32. The number of hydrogen-bond acceptors (Lipinski definition) is 4. The fraction of sp³-hybridized carbons (Fsp3) is 0.0667. The lowest BCUT2D eigenvalue weighted by molar-refractivity contribution is 0.469. The molecule has 2 aromatic carbocycles. The maximum atomic E-state index is 6.17. The molecule has 0 spiro atoms. The summed E-state index contributed by atoms with van der Waals surface area (Å²) in [7, 11) is 0. The molecule has 0 unspecified atom stereocenters. The van der Waals surface area contributed by atoms with Crippen LogP contribution in [0.25, 0.3) is 10.9 Å². The number of benzene rings is 2. The third kappa shape index (κ3) is 2.38. The minimum atomic E-state index is 0.168. The maximum absolute atomic E-state index is 6.17. The van der Waals surface area contributed by atoms with E-state index in [2.05, 4.69) is 9.97 Å². The zero-order valence-electron chi connectivity index (χ0n) is 10.8. The van der Waals surface area contributed by atoms with Gasteiger partial charge in [-0.1, -0.05) is 29.8 Å². The van der Waals surface area contributed by atoms with Crippen molar-refractivity contribution in [3.63, 3.8) is 0 Å². The van der Waals surface area contributed by atoms with Gasteiger partial charge in [0.1, 0.15) is 5.75 Å². The van der Waals surface area contributed by atoms with E-state index in [-0.39, 0.29) is 5.95 Å². The molecule has 0 aliphatic carbocycles. The Morgan fingerprint density at radius 1 is 1.10 bits per heavy atom. The van der Waals surface area contributed by atoms with E-state index in [1.165, 1.54) is 0 Å². The van der Waals surface area contributed by atoms with E-state index in [1.807, 2.05) is 49.4 Å². The van der Waals surface area contributed by atoms with E-state index < -0.39 is 0 Å². The van der Waals surface area contributed by atoms with Crippen LogP contribution in [0, 0.1) is 6.92 Å². The summed E-state index contributed by atoms with van der Waals surface area (Å²) >= 11 is 6.17. The number of para-hydroxylation sites is 1. The average Bonchev–Trinajstić information content (AvgIpc) is 2.41. The van der Waals surface area contributed by atoms with Gasteiger partial charge < -0.3 is 10.5 Å². The number of aryl methyl sites for hydroxylation is 1. The second kappa shape index (κ2) is 4.98. The number of anilines is 1. The number of nitrogens with two attached hydrogens (primary N) is 1. The highest BCUT2D eigenvalue weighted by atomic mass is 35.5. The van der Waals surface area contributed by atoms with Crippen LogP contribution < -0.4 is 10.5 Å². The van der Waals surface area contributed by atoms with Gasteiger partial charge in [-0.05, 0) is 36.8 Å². The van der Waals surface area contributed by atoms with E-state index in [0.29, 0.717) is 16.7 Å². The van der Waals surface area contributed by atoms with E-state index in [4.69, 9.17) is 22.1 Å². The predicted octanol–water partition coefficient (Wildman–Crippen LogP) is 3.97. The molecule has 0 amide bonds. The molecular formula is C15H12ClN3O. The lowest BCUT2D eigenvalue weighted by Gasteiger charge is -2.10. The minimum absolute atomic E-state index is 0.168. The van der Waals surface area contributed by atoms with E-state index in [9.17, 15) is 0 Å². The molecule has 0 saturated heterocycles. The van der Waals surface area contributed by atoms with Gasteiger partial charge in [0.15, 0.2) is 0 Å². The van der Waals surface area contributed by atoms with E-state index in [1.54, 1.807) is 0 Å². The Balaban J connectivity index is 2.10. The standard InChI is InChI=1S/C15H12ClN3O/c1-9-6-7-13(11(16)8-9)20-14-10-4-2-3-5-12(10)18-15(17)19-14/h2-8H,1H3,(H2,17,18,19). The molecule has 0 aliphatic heterocycles. The summed E-state index contributed by atoms with van der Waals surface area (Å²) in [5.74, 6) is 1.11. The molecule has 0 radical (unpaired) electrons. The summed E-state index contributed by atoms with van der Waals surface area (Å²) < 4.78 is 5.80. The summed E-state index contributed by atoms with van der Waals surface area (Å²) in [6, 6.07) is 13.1. The molecule has 1 heterocycles. The first-order valence-corrected chi connectivity index (χ1v) is 6.47. The second-order valence-electron chi connectivity index (χ2n) is 4.44. The SMILES string of the molecule is Cc1ccc(Oc2nc(N)nc3ccccc23)c(Cl)c1. The molecule has 1 aromatic heterocycles. The van der Waals surface area contributed by atoms with Gasteiger partial charge in [-0.15, -0.1) is 0 Å². The maximum Gasteiger partial charge on any atom is 0.232 e. The molecule has 0 aliphatic rings. The first kappa shape index (κ1) is 12.7. The predicted molar refractivity (Wildman–Crippen MR) is 80.2 cm³/mol. The van der Waals surface area contributed by atoms with Crippen molar-refractivity contribution < 1.29 is 4.74 Å². The van der Waals surface area contributed by atoms with Gasteiger partial charge in [0.05, 0.1) is 15.9 Å². The number of nitrogen functional groups attached to an aromatic ring is 1. The summed E-state index contributed by atoms with van der Waals surface area (Å²) in [5.41, 5.74) is 7.50. The van der Waals surface area contributed by atoms with Crippen molar-refractivity contribution in [1.29, 1.82) is 0 Å². The first-order chi connectivity index (χ1) is 9.63. The summed E-state index contributed by atoms with van der Waals surface area (Å²) in [5, 5.41) is 1.32. The normalized spacial score (nSPS) is 10.7. The van der Waals surface area contributed by atoms with Crippen LogP contribution in [0.15, 0.2) is 42.5 Å². The highest BCUT2D eigenvalue weighted by Gasteiger charge is 2.10. The lowest BCUT2D eigenvalue weighted by Crippen LogP contribution is -1.98. The Morgan fingerprint density at radius 3 is 2.70 bits per heavy atom. The lowest BCUT2D eigenvalue weighted by atomic mass is 10.2. The summed E-state index contributed by atoms with van der Waals surface area (Å²) in [4.78, 5) is 8.31. The number of halogens is 1. The van der Waals surface area contributed by atoms with Crippen molar-refractivity contribution >= 4 is 28.5 Å². The average molecular weight is 286 g/mol. The minimum Gasteiger partial charge on any atom is -0.437 e. The van der Waals surface area contributed by atoms with Gasteiger partial charge in [0.2, 0.25) is 11.8 Å². The molecule has 0 atom stereocenters. The Hall–Kier alpha value is -2.33. The Kier molecular flexibility index (Phi) is 3.16. The fourth-order valence-electron chi connectivity index (χ4n) is 1.94. The van der Waals surface area contributed by atoms with Crippen LogP contribution in [0.2, 0.25) is 5.02 Å². The number of fused-ring (bicyclic) bond motifs is 1. The van der Waals surface area contributed by atoms with Crippen molar-refractivity contribution in [1.82, 2.24) is 9.97 Å². The second-order valence-corrected chi connectivity index (χ2v) is 4.85. The Labute approximate surface area is 121 Å². The van der Waals surface area contributed by atoms with Crippen molar-refractivity contribution in [3.8, 4) is 11.6 Å². The summed E-state index contributed by atoms with van der Waals surface area (Å²) in [6.07, 6.45) is 0. The molecule has 3 rings (SSSR count). The molecule has 2 N–H and O–H groups in total.